The summed E-state index contributed by atoms with van der Waals surface area (Å²) >= 11 is 3.47. The molecule has 0 bridgehead atoms. The second-order valence-corrected chi connectivity index (χ2v) is 9.18. The van der Waals surface area contributed by atoms with E-state index in [1.54, 1.807) is 0 Å². The summed E-state index contributed by atoms with van der Waals surface area (Å²) in [6, 6.07) is 27.4. The van der Waals surface area contributed by atoms with Gasteiger partial charge >= 0.3 is 0 Å². The first-order valence-corrected chi connectivity index (χ1v) is 11.2. The van der Waals surface area contributed by atoms with Crippen LogP contribution in [0.15, 0.2) is 93.5 Å². The van der Waals surface area contributed by atoms with E-state index in [0.29, 0.717) is 0 Å². The molecule has 4 rings (SSSR count). The van der Waals surface area contributed by atoms with Gasteiger partial charge in [0, 0.05) is 15.9 Å². The molecule has 1 unspecified atom stereocenters. The van der Waals surface area contributed by atoms with E-state index < -0.39 is 10.9 Å². The number of benzene rings is 3. The summed E-state index contributed by atoms with van der Waals surface area (Å²) in [4.78, 5) is 0. The van der Waals surface area contributed by atoms with Crippen LogP contribution in [0.1, 0.15) is 5.56 Å². The lowest BCUT2D eigenvalue weighted by molar-refractivity contribution is 1.25. The van der Waals surface area contributed by atoms with E-state index in [4.69, 9.17) is 0 Å². The lowest BCUT2D eigenvalue weighted by atomic mass is 10.0. The molecule has 136 valence electrons. The SMILES string of the molecule is Brc1ccc(NCC2=NN=C[SH]2Cc2ccccc2-c2ccccc2)cc1. The molecule has 3 aromatic rings. The Balaban J connectivity index is 1.47. The van der Waals surface area contributed by atoms with Gasteiger partial charge in [0.1, 0.15) is 5.04 Å². The van der Waals surface area contributed by atoms with Gasteiger partial charge in [-0.15, -0.1) is 5.10 Å². The van der Waals surface area contributed by atoms with E-state index in [0.717, 1.165) is 27.5 Å². The first-order valence-electron chi connectivity index (χ1n) is 8.79. The average Bonchev–Trinajstić information content (AvgIpc) is 3.16. The van der Waals surface area contributed by atoms with Gasteiger partial charge in [-0.05, 0) is 41.0 Å². The van der Waals surface area contributed by atoms with Gasteiger partial charge in [-0.1, -0.05) is 70.5 Å². The number of anilines is 1. The molecule has 0 amide bonds. The van der Waals surface area contributed by atoms with E-state index >= 15 is 0 Å². The zero-order chi connectivity index (χ0) is 18.5. The fraction of sp³-hybridized carbons (Fsp3) is 0.0909. The second kappa shape index (κ2) is 8.55. The molecule has 0 saturated carbocycles. The molecular weight excluding hydrogens is 418 g/mol. The van der Waals surface area contributed by atoms with Gasteiger partial charge in [-0.3, -0.25) is 0 Å². The van der Waals surface area contributed by atoms with Crippen molar-refractivity contribution in [2.45, 2.75) is 5.75 Å². The predicted octanol–water partition coefficient (Wildman–Crippen LogP) is 6.08. The third-order valence-corrected chi connectivity index (χ3v) is 6.94. The van der Waals surface area contributed by atoms with Crippen molar-refractivity contribution < 1.29 is 0 Å². The van der Waals surface area contributed by atoms with Crippen LogP contribution in [0.4, 0.5) is 5.69 Å². The number of halogens is 1. The summed E-state index contributed by atoms with van der Waals surface area (Å²) in [5.74, 6) is 0.963. The van der Waals surface area contributed by atoms with E-state index in [9.17, 15) is 0 Å². The van der Waals surface area contributed by atoms with Crippen LogP contribution in [0.2, 0.25) is 0 Å². The van der Waals surface area contributed by atoms with Crippen molar-refractivity contribution in [2.24, 2.45) is 10.2 Å². The Labute approximate surface area is 170 Å². The average molecular weight is 438 g/mol. The second-order valence-electron chi connectivity index (χ2n) is 6.26. The number of rotatable bonds is 6. The third kappa shape index (κ3) is 4.49. The van der Waals surface area contributed by atoms with Crippen LogP contribution in [0.3, 0.4) is 0 Å². The van der Waals surface area contributed by atoms with Crippen LogP contribution in [-0.4, -0.2) is 17.1 Å². The van der Waals surface area contributed by atoms with Gasteiger partial charge in [-0.2, -0.15) is 16.0 Å². The van der Waals surface area contributed by atoms with Gasteiger partial charge in [0.15, 0.2) is 0 Å². The first-order chi connectivity index (χ1) is 13.3. The van der Waals surface area contributed by atoms with Crippen molar-refractivity contribution in [1.82, 2.24) is 0 Å². The first kappa shape index (κ1) is 18.0. The van der Waals surface area contributed by atoms with Crippen LogP contribution < -0.4 is 5.32 Å². The van der Waals surface area contributed by atoms with Crippen molar-refractivity contribution in [2.75, 3.05) is 11.9 Å². The standard InChI is InChI=1S/C22H20BrN3S/c23-19-10-12-20(13-11-19)24-14-22-26-25-16-27(22)15-18-8-4-5-9-21(18)17-6-2-1-3-7-17/h1-13,16,24,27H,14-15H2. The smallest absolute Gasteiger partial charge is 0.101 e. The quantitative estimate of drug-likeness (QED) is 0.450. The fourth-order valence-corrected chi connectivity index (χ4v) is 4.97. The van der Waals surface area contributed by atoms with Crippen molar-refractivity contribution in [3.05, 3.63) is 88.9 Å². The summed E-state index contributed by atoms with van der Waals surface area (Å²) < 4.78 is 1.08. The molecule has 5 heteroatoms. The molecule has 1 heterocycles. The maximum Gasteiger partial charge on any atom is 0.101 e. The number of hydrogen-bond donors (Lipinski definition) is 2. The normalized spacial score (nSPS) is 16.9. The van der Waals surface area contributed by atoms with E-state index in [2.05, 4.69) is 98.2 Å². The van der Waals surface area contributed by atoms with Crippen LogP contribution in [0.25, 0.3) is 11.1 Å². The highest BCUT2D eigenvalue weighted by Crippen LogP contribution is 2.36. The summed E-state index contributed by atoms with van der Waals surface area (Å²) in [6.45, 7) is 0.723. The molecule has 0 saturated heterocycles. The molecule has 1 atom stereocenters. The maximum absolute atomic E-state index is 4.39. The number of nitrogens with one attached hydrogen (secondary N) is 1. The number of thiol groups is 1. The molecule has 0 aliphatic carbocycles. The fourth-order valence-electron chi connectivity index (χ4n) is 3.04. The van der Waals surface area contributed by atoms with E-state index in [1.807, 2.05) is 17.7 Å². The molecule has 1 aliphatic heterocycles. The monoisotopic (exact) mass is 437 g/mol. The van der Waals surface area contributed by atoms with Gasteiger partial charge in [0.2, 0.25) is 0 Å². The highest BCUT2D eigenvalue weighted by Gasteiger charge is 2.17. The summed E-state index contributed by atoms with van der Waals surface area (Å²) in [5, 5.41) is 13.2. The largest absolute Gasteiger partial charge is 0.379 e. The third-order valence-electron chi connectivity index (χ3n) is 4.43. The number of nitrogens with zero attached hydrogens (tertiary/aromatic N) is 2. The van der Waals surface area contributed by atoms with Gasteiger partial charge in [-0.25, -0.2) is 0 Å². The Bertz CT molecular complexity index is 968. The molecule has 0 spiro atoms. The Morgan fingerprint density at radius 2 is 1.59 bits per heavy atom. The molecular formula is C22H20BrN3S. The molecule has 1 N–H and O–H groups in total. The molecule has 1 aliphatic rings. The minimum absolute atomic E-state index is 0.507. The van der Waals surface area contributed by atoms with Crippen LogP contribution in [0.5, 0.6) is 0 Å². The molecule has 27 heavy (non-hydrogen) atoms. The maximum atomic E-state index is 4.39. The molecule has 3 aromatic carbocycles. The molecule has 0 fully saturated rings. The summed E-state index contributed by atoms with van der Waals surface area (Å²) in [6.07, 6.45) is 0. The summed E-state index contributed by atoms with van der Waals surface area (Å²) in [5.41, 5.74) is 7.01. The van der Waals surface area contributed by atoms with E-state index in [1.165, 1.54) is 16.7 Å². The molecule has 3 nitrogen and oxygen atoms in total. The van der Waals surface area contributed by atoms with Gasteiger partial charge < -0.3 is 5.32 Å². The van der Waals surface area contributed by atoms with Gasteiger partial charge in [0.05, 0.1) is 12.1 Å². The molecule has 0 aromatic heterocycles. The lowest BCUT2D eigenvalue weighted by Crippen LogP contribution is -2.13. The highest BCUT2D eigenvalue weighted by atomic mass is 79.9. The topological polar surface area (TPSA) is 36.8 Å². The zero-order valence-electron chi connectivity index (χ0n) is 14.7. The minimum Gasteiger partial charge on any atom is -0.379 e. The van der Waals surface area contributed by atoms with Crippen molar-refractivity contribution >= 4 is 43.1 Å². The van der Waals surface area contributed by atoms with E-state index in [-0.39, 0.29) is 0 Å². The lowest BCUT2D eigenvalue weighted by Gasteiger charge is -2.18. The van der Waals surface area contributed by atoms with Crippen molar-refractivity contribution in [3.63, 3.8) is 0 Å². The van der Waals surface area contributed by atoms with Gasteiger partial charge in [0.25, 0.3) is 0 Å². The highest BCUT2D eigenvalue weighted by molar-refractivity contribution is 9.10. The van der Waals surface area contributed by atoms with Crippen molar-refractivity contribution in [3.8, 4) is 11.1 Å². The van der Waals surface area contributed by atoms with Crippen LogP contribution in [-0.2, 0) is 5.75 Å². The Kier molecular flexibility index (Phi) is 5.70. The Morgan fingerprint density at radius 1 is 0.852 bits per heavy atom. The van der Waals surface area contributed by atoms with Crippen molar-refractivity contribution in [1.29, 1.82) is 0 Å². The van der Waals surface area contributed by atoms with Crippen LogP contribution in [0, 0.1) is 0 Å². The molecule has 0 radical (unpaired) electrons. The minimum atomic E-state index is -0.507. The Morgan fingerprint density at radius 3 is 2.41 bits per heavy atom. The Hall–Kier alpha value is -2.37. The predicted molar refractivity (Wildman–Crippen MR) is 123 cm³/mol. The summed E-state index contributed by atoms with van der Waals surface area (Å²) in [7, 11) is -0.507. The number of hydrogen-bond acceptors (Lipinski definition) is 3. The zero-order valence-corrected chi connectivity index (χ0v) is 17.2. The van der Waals surface area contributed by atoms with Crippen LogP contribution >= 0.6 is 26.8 Å².